The number of carbonyl (C=O) groups excluding carboxylic acids is 1. The molecule has 2 aromatic rings. The summed E-state index contributed by atoms with van der Waals surface area (Å²) in [6.07, 6.45) is 1.53. The van der Waals surface area contributed by atoms with Gasteiger partial charge in [-0.25, -0.2) is 0 Å². The summed E-state index contributed by atoms with van der Waals surface area (Å²) >= 11 is 1.58. The fourth-order valence-electron chi connectivity index (χ4n) is 2.16. The molecule has 0 radical (unpaired) electrons. The van der Waals surface area contributed by atoms with Crippen LogP contribution in [0.15, 0.2) is 29.6 Å². The zero-order valence-corrected chi connectivity index (χ0v) is 13.0. The lowest BCUT2D eigenvalue weighted by Gasteiger charge is -2.13. The molecule has 1 aromatic carbocycles. The van der Waals surface area contributed by atoms with Crippen molar-refractivity contribution in [3.63, 3.8) is 0 Å². The van der Waals surface area contributed by atoms with E-state index < -0.39 is 0 Å². The summed E-state index contributed by atoms with van der Waals surface area (Å²) in [6.45, 7) is 2.48. The molecule has 0 aliphatic carbocycles. The number of benzene rings is 1. The molecule has 0 saturated heterocycles. The molecule has 1 aromatic heterocycles. The van der Waals surface area contributed by atoms with Crippen molar-refractivity contribution in [2.75, 3.05) is 7.11 Å². The predicted octanol–water partition coefficient (Wildman–Crippen LogP) is 3.34. The molecule has 4 nitrogen and oxygen atoms in total. The smallest absolute Gasteiger partial charge is 0.255 e. The quantitative estimate of drug-likeness (QED) is 0.860. The molecule has 0 aliphatic heterocycles. The van der Waals surface area contributed by atoms with E-state index in [1.807, 2.05) is 24.4 Å². The van der Waals surface area contributed by atoms with E-state index in [9.17, 15) is 9.90 Å². The maximum Gasteiger partial charge on any atom is 0.255 e. The Morgan fingerprint density at radius 2 is 2.19 bits per heavy atom. The second-order valence-corrected chi connectivity index (χ2v) is 5.69. The lowest BCUT2D eigenvalue weighted by atomic mass is 10.0. The van der Waals surface area contributed by atoms with Gasteiger partial charge in [-0.05, 0) is 30.0 Å². The lowest BCUT2D eigenvalue weighted by molar-refractivity contribution is 0.0948. The molecular weight excluding hydrogens is 286 g/mol. The highest BCUT2D eigenvalue weighted by molar-refractivity contribution is 7.09. The van der Waals surface area contributed by atoms with Crippen LogP contribution < -0.4 is 10.1 Å². The Kier molecular flexibility index (Phi) is 5.22. The van der Waals surface area contributed by atoms with Crippen molar-refractivity contribution < 1.29 is 14.6 Å². The van der Waals surface area contributed by atoms with Crippen LogP contribution in [0.25, 0.3) is 0 Å². The number of aromatic hydroxyl groups is 1. The van der Waals surface area contributed by atoms with Gasteiger partial charge in [0.25, 0.3) is 5.91 Å². The van der Waals surface area contributed by atoms with Crippen molar-refractivity contribution in [3.8, 4) is 11.5 Å². The summed E-state index contributed by atoms with van der Waals surface area (Å²) in [4.78, 5) is 13.3. The summed E-state index contributed by atoms with van der Waals surface area (Å²) in [5.74, 6) is 0.352. The highest BCUT2D eigenvalue weighted by Crippen LogP contribution is 2.32. The number of methoxy groups -OCH3 is 1. The topological polar surface area (TPSA) is 58.6 Å². The lowest BCUT2D eigenvalue weighted by Crippen LogP contribution is -2.22. The van der Waals surface area contributed by atoms with Crippen LogP contribution in [0.5, 0.6) is 11.5 Å². The first-order valence-corrected chi connectivity index (χ1v) is 7.74. The maximum atomic E-state index is 12.2. The van der Waals surface area contributed by atoms with E-state index in [2.05, 4.69) is 5.32 Å². The van der Waals surface area contributed by atoms with Crippen LogP contribution >= 0.6 is 11.3 Å². The van der Waals surface area contributed by atoms with E-state index in [0.29, 0.717) is 24.3 Å². The molecule has 1 amide bonds. The van der Waals surface area contributed by atoms with Gasteiger partial charge >= 0.3 is 0 Å². The number of nitrogens with one attached hydrogen (secondary N) is 1. The molecule has 0 saturated carbocycles. The average molecular weight is 305 g/mol. The normalized spacial score (nSPS) is 10.4. The van der Waals surface area contributed by atoms with Gasteiger partial charge in [-0.1, -0.05) is 19.4 Å². The van der Waals surface area contributed by atoms with Gasteiger partial charge in [-0.15, -0.1) is 11.3 Å². The fraction of sp³-hybridized carbons (Fsp3) is 0.312. The Morgan fingerprint density at radius 1 is 1.38 bits per heavy atom. The largest absolute Gasteiger partial charge is 0.507 e. The number of amides is 1. The van der Waals surface area contributed by atoms with E-state index in [-0.39, 0.29) is 17.2 Å². The van der Waals surface area contributed by atoms with Crippen LogP contribution in [-0.2, 0) is 13.0 Å². The zero-order chi connectivity index (χ0) is 15.2. The van der Waals surface area contributed by atoms with Crippen LogP contribution in [0, 0.1) is 0 Å². The first kappa shape index (κ1) is 15.4. The van der Waals surface area contributed by atoms with Gasteiger partial charge in [-0.2, -0.15) is 0 Å². The number of hydrogen-bond acceptors (Lipinski definition) is 4. The molecule has 112 valence electrons. The predicted molar refractivity (Wildman–Crippen MR) is 84.1 cm³/mol. The molecule has 21 heavy (non-hydrogen) atoms. The van der Waals surface area contributed by atoms with Crippen LogP contribution in [0.1, 0.15) is 34.1 Å². The van der Waals surface area contributed by atoms with Gasteiger partial charge in [-0.3, -0.25) is 4.79 Å². The Labute approximate surface area is 128 Å². The zero-order valence-electron chi connectivity index (χ0n) is 12.2. The minimum absolute atomic E-state index is 0.0138. The minimum Gasteiger partial charge on any atom is -0.507 e. The summed E-state index contributed by atoms with van der Waals surface area (Å²) in [6, 6.07) is 7.22. The number of phenols is 1. The molecule has 0 atom stereocenters. The molecule has 1 heterocycles. The van der Waals surface area contributed by atoms with E-state index in [0.717, 1.165) is 11.3 Å². The highest BCUT2D eigenvalue weighted by atomic mass is 32.1. The second-order valence-electron chi connectivity index (χ2n) is 4.65. The van der Waals surface area contributed by atoms with Gasteiger partial charge in [0.15, 0.2) is 0 Å². The summed E-state index contributed by atoms with van der Waals surface area (Å²) in [5, 5.41) is 15.1. The number of carbonyl (C=O) groups is 1. The Balaban J connectivity index is 2.18. The van der Waals surface area contributed by atoms with Gasteiger partial charge < -0.3 is 15.2 Å². The average Bonchev–Trinajstić information content (AvgIpc) is 3.00. The summed E-state index contributed by atoms with van der Waals surface area (Å²) in [7, 11) is 1.56. The SMILES string of the molecule is CCCc1c(OC)ccc(C(=O)NCc2cccs2)c1O. The van der Waals surface area contributed by atoms with Crippen molar-refractivity contribution in [2.45, 2.75) is 26.3 Å². The van der Waals surface area contributed by atoms with E-state index >= 15 is 0 Å². The van der Waals surface area contributed by atoms with Crippen molar-refractivity contribution in [1.82, 2.24) is 5.32 Å². The first-order chi connectivity index (χ1) is 10.2. The maximum absolute atomic E-state index is 12.2. The second kappa shape index (κ2) is 7.13. The minimum atomic E-state index is -0.277. The van der Waals surface area contributed by atoms with Crippen LogP contribution in [0.3, 0.4) is 0 Å². The van der Waals surface area contributed by atoms with Crippen molar-refractivity contribution in [1.29, 1.82) is 0 Å². The van der Waals surface area contributed by atoms with Gasteiger partial charge in [0.05, 0.1) is 19.2 Å². The highest BCUT2D eigenvalue weighted by Gasteiger charge is 2.17. The van der Waals surface area contributed by atoms with Gasteiger partial charge in [0.1, 0.15) is 11.5 Å². The van der Waals surface area contributed by atoms with E-state index in [1.54, 1.807) is 30.6 Å². The number of phenolic OH excluding ortho intramolecular Hbond substituents is 1. The molecule has 2 N–H and O–H groups in total. The van der Waals surface area contributed by atoms with Gasteiger partial charge in [0, 0.05) is 10.4 Å². The fourth-order valence-corrected chi connectivity index (χ4v) is 2.80. The summed E-state index contributed by atoms with van der Waals surface area (Å²) < 4.78 is 5.24. The third-order valence-corrected chi connectivity index (χ3v) is 4.08. The molecule has 0 bridgehead atoms. The monoisotopic (exact) mass is 305 g/mol. The van der Waals surface area contributed by atoms with Gasteiger partial charge in [0.2, 0.25) is 0 Å². The Hall–Kier alpha value is -2.01. The number of thiophene rings is 1. The van der Waals surface area contributed by atoms with Crippen LogP contribution in [-0.4, -0.2) is 18.1 Å². The number of ether oxygens (including phenoxy) is 1. The molecule has 0 unspecified atom stereocenters. The standard InChI is InChI=1S/C16H19NO3S/c1-3-5-12-14(20-2)8-7-13(15(12)18)16(19)17-10-11-6-4-9-21-11/h4,6-9,18H,3,5,10H2,1-2H3,(H,17,19). The molecule has 5 heteroatoms. The molecular formula is C16H19NO3S. The third-order valence-electron chi connectivity index (χ3n) is 3.21. The Bertz CT molecular complexity index is 608. The summed E-state index contributed by atoms with van der Waals surface area (Å²) in [5.41, 5.74) is 0.972. The van der Waals surface area contributed by atoms with Crippen molar-refractivity contribution in [2.24, 2.45) is 0 Å². The Morgan fingerprint density at radius 3 is 2.81 bits per heavy atom. The van der Waals surface area contributed by atoms with Crippen molar-refractivity contribution >= 4 is 17.2 Å². The molecule has 0 spiro atoms. The molecule has 0 fully saturated rings. The molecule has 2 rings (SSSR count). The van der Waals surface area contributed by atoms with Crippen molar-refractivity contribution in [3.05, 3.63) is 45.6 Å². The number of rotatable bonds is 6. The molecule has 0 aliphatic rings. The van der Waals surface area contributed by atoms with E-state index in [1.165, 1.54) is 0 Å². The number of hydrogen-bond donors (Lipinski definition) is 2. The third kappa shape index (κ3) is 3.55. The first-order valence-electron chi connectivity index (χ1n) is 6.86. The van der Waals surface area contributed by atoms with E-state index in [4.69, 9.17) is 4.74 Å². The van der Waals surface area contributed by atoms with Crippen LogP contribution in [0.2, 0.25) is 0 Å². The van der Waals surface area contributed by atoms with Crippen LogP contribution in [0.4, 0.5) is 0 Å².